The number of rotatable bonds is 4. The molecule has 2 aromatic carbocycles. The van der Waals surface area contributed by atoms with Crippen molar-refractivity contribution in [2.45, 2.75) is 13.8 Å². The van der Waals surface area contributed by atoms with Gasteiger partial charge in [0.25, 0.3) is 0 Å². The summed E-state index contributed by atoms with van der Waals surface area (Å²) in [6, 6.07) is 14.7. The molecule has 1 aromatic heterocycles. The fourth-order valence-electron chi connectivity index (χ4n) is 3.91. The van der Waals surface area contributed by atoms with Crippen LogP contribution in [0.15, 0.2) is 48.5 Å². The molecule has 3 aromatic rings. The molecule has 1 N–H and O–H groups in total. The molecule has 2 heterocycles. The third-order valence-electron chi connectivity index (χ3n) is 5.78. The number of benzene rings is 2. The molecule has 31 heavy (non-hydrogen) atoms. The summed E-state index contributed by atoms with van der Waals surface area (Å²) in [6.45, 7) is 8.94. The van der Waals surface area contributed by atoms with E-state index in [4.69, 9.17) is 17.2 Å². The predicted octanol–water partition coefficient (Wildman–Crippen LogP) is 4.66. The van der Waals surface area contributed by atoms with Gasteiger partial charge in [-0.3, -0.25) is 0 Å². The van der Waals surface area contributed by atoms with E-state index in [1.165, 1.54) is 17.7 Å². The van der Waals surface area contributed by atoms with E-state index < -0.39 is 0 Å². The van der Waals surface area contributed by atoms with Crippen LogP contribution in [0.4, 0.5) is 21.6 Å². The van der Waals surface area contributed by atoms with Gasteiger partial charge in [0, 0.05) is 49.5 Å². The Hall–Kier alpha value is -2.77. The minimum Gasteiger partial charge on any atom is -0.354 e. The number of nitrogens with zero attached hydrogens (tertiary/aromatic N) is 4. The molecular weight excluding hydrogens is 409 g/mol. The van der Waals surface area contributed by atoms with Crippen LogP contribution in [0.2, 0.25) is 0 Å². The number of aryl methyl sites for hydroxylation is 1. The first-order valence-corrected chi connectivity index (χ1v) is 11.0. The highest BCUT2D eigenvalue weighted by Crippen LogP contribution is 2.26. The first kappa shape index (κ1) is 21.5. The molecule has 0 bridgehead atoms. The van der Waals surface area contributed by atoms with Crippen molar-refractivity contribution in [3.8, 4) is 0 Å². The number of pyridine rings is 1. The number of thiocarbonyl (C=S) groups is 1. The maximum Gasteiger partial charge on any atom is 0.177 e. The second kappa shape index (κ2) is 9.16. The van der Waals surface area contributed by atoms with Crippen LogP contribution in [0.1, 0.15) is 12.5 Å². The highest BCUT2D eigenvalue weighted by molar-refractivity contribution is 7.80. The average molecular weight is 438 g/mol. The Balaban J connectivity index is 1.54. The molecule has 0 spiro atoms. The van der Waals surface area contributed by atoms with E-state index in [1.54, 1.807) is 12.1 Å². The molecular formula is C24H28FN5S. The molecule has 5 nitrogen and oxygen atoms in total. The SMILES string of the molecule is CCN(C(=S)Nc1ccc2nc(N3CCN(C)CC3)cc(C)c2c1)c1ccc(F)cc1. The number of likely N-dealkylation sites (N-methyl/N-ethyl adjacent to an activating group) is 1. The van der Waals surface area contributed by atoms with E-state index in [0.29, 0.717) is 11.7 Å². The Kier molecular flexibility index (Phi) is 6.34. The molecule has 0 amide bonds. The molecule has 0 saturated carbocycles. The highest BCUT2D eigenvalue weighted by atomic mass is 32.1. The van der Waals surface area contributed by atoms with Gasteiger partial charge in [-0.05, 0) is 87.2 Å². The van der Waals surface area contributed by atoms with Gasteiger partial charge in [0.2, 0.25) is 0 Å². The minimum absolute atomic E-state index is 0.257. The van der Waals surface area contributed by atoms with Crippen molar-refractivity contribution in [3.63, 3.8) is 0 Å². The van der Waals surface area contributed by atoms with Crippen LogP contribution in [-0.4, -0.2) is 54.8 Å². The maximum absolute atomic E-state index is 13.3. The lowest BCUT2D eigenvalue weighted by Crippen LogP contribution is -2.44. The van der Waals surface area contributed by atoms with E-state index in [0.717, 1.165) is 54.3 Å². The molecule has 0 atom stereocenters. The van der Waals surface area contributed by atoms with Crippen LogP contribution >= 0.6 is 12.2 Å². The highest BCUT2D eigenvalue weighted by Gasteiger charge is 2.17. The molecule has 0 aliphatic carbocycles. The zero-order valence-electron chi connectivity index (χ0n) is 18.2. The summed E-state index contributed by atoms with van der Waals surface area (Å²) in [5, 5.41) is 5.01. The van der Waals surface area contributed by atoms with Gasteiger partial charge in [0.05, 0.1) is 5.52 Å². The minimum atomic E-state index is -0.257. The second-order valence-corrected chi connectivity index (χ2v) is 8.36. The molecule has 1 saturated heterocycles. The summed E-state index contributed by atoms with van der Waals surface area (Å²) in [7, 11) is 2.16. The summed E-state index contributed by atoms with van der Waals surface area (Å²) in [5.41, 5.74) is 3.95. The van der Waals surface area contributed by atoms with E-state index in [9.17, 15) is 4.39 Å². The topological polar surface area (TPSA) is 34.6 Å². The number of aromatic nitrogens is 1. The molecule has 162 valence electrons. The molecule has 7 heteroatoms. The molecule has 0 unspecified atom stereocenters. The summed E-state index contributed by atoms with van der Waals surface area (Å²) in [5.74, 6) is 0.787. The largest absolute Gasteiger partial charge is 0.354 e. The summed E-state index contributed by atoms with van der Waals surface area (Å²) < 4.78 is 13.3. The number of anilines is 3. The lowest BCUT2D eigenvalue weighted by molar-refractivity contribution is 0.312. The summed E-state index contributed by atoms with van der Waals surface area (Å²) >= 11 is 5.64. The van der Waals surface area contributed by atoms with Gasteiger partial charge in [0.1, 0.15) is 11.6 Å². The molecule has 0 radical (unpaired) electrons. The van der Waals surface area contributed by atoms with Crippen molar-refractivity contribution in [1.82, 2.24) is 9.88 Å². The van der Waals surface area contributed by atoms with E-state index in [2.05, 4.69) is 41.2 Å². The van der Waals surface area contributed by atoms with Crippen LogP contribution in [0.3, 0.4) is 0 Å². The van der Waals surface area contributed by atoms with Crippen LogP contribution in [-0.2, 0) is 0 Å². The third-order valence-corrected chi connectivity index (χ3v) is 6.10. The number of nitrogens with one attached hydrogen (secondary N) is 1. The van der Waals surface area contributed by atoms with Crippen molar-refractivity contribution in [2.75, 3.05) is 54.9 Å². The van der Waals surface area contributed by atoms with Crippen LogP contribution in [0.25, 0.3) is 10.9 Å². The Morgan fingerprint density at radius 2 is 1.81 bits per heavy atom. The number of halogens is 1. The third kappa shape index (κ3) is 4.78. The lowest BCUT2D eigenvalue weighted by atomic mass is 10.1. The van der Waals surface area contributed by atoms with Crippen molar-refractivity contribution in [1.29, 1.82) is 0 Å². The van der Waals surface area contributed by atoms with E-state index >= 15 is 0 Å². The smallest absolute Gasteiger partial charge is 0.177 e. The molecule has 4 rings (SSSR count). The Morgan fingerprint density at radius 3 is 2.48 bits per heavy atom. The van der Waals surface area contributed by atoms with E-state index in [-0.39, 0.29) is 5.82 Å². The first-order chi connectivity index (χ1) is 14.9. The maximum atomic E-state index is 13.3. The molecule has 1 fully saturated rings. The number of hydrogen-bond donors (Lipinski definition) is 1. The zero-order valence-corrected chi connectivity index (χ0v) is 19.0. The normalized spacial score (nSPS) is 14.6. The van der Waals surface area contributed by atoms with E-state index in [1.807, 2.05) is 24.0 Å². The van der Waals surface area contributed by atoms with Gasteiger partial charge in [-0.15, -0.1) is 0 Å². The van der Waals surface area contributed by atoms with Crippen molar-refractivity contribution in [2.24, 2.45) is 0 Å². The Bertz CT molecular complexity index is 1080. The predicted molar refractivity (Wildman–Crippen MR) is 132 cm³/mol. The zero-order chi connectivity index (χ0) is 22.0. The number of piperazine rings is 1. The van der Waals surface area contributed by atoms with Gasteiger partial charge < -0.3 is 20.0 Å². The van der Waals surface area contributed by atoms with Crippen molar-refractivity contribution >= 4 is 45.4 Å². The number of fused-ring (bicyclic) bond motifs is 1. The first-order valence-electron chi connectivity index (χ1n) is 10.6. The van der Waals surface area contributed by atoms with Crippen LogP contribution < -0.4 is 15.1 Å². The van der Waals surface area contributed by atoms with Gasteiger partial charge in [-0.25, -0.2) is 9.37 Å². The molecule has 1 aliphatic heterocycles. The lowest BCUT2D eigenvalue weighted by Gasteiger charge is -2.33. The number of hydrogen-bond acceptors (Lipinski definition) is 4. The Labute approximate surface area is 188 Å². The quantitative estimate of drug-likeness (QED) is 0.598. The fraction of sp³-hybridized carbons (Fsp3) is 0.333. The van der Waals surface area contributed by atoms with Crippen LogP contribution in [0, 0.1) is 12.7 Å². The van der Waals surface area contributed by atoms with Gasteiger partial charge in [-0.2, -0.15) is 0 Å². The van der Waals surface area contributed by atoms with Gasteiger partial charge in [-0.1, -0.05) is 0 Å². The van der Waals surface area contributed by atoms with Gasteiger partial charge in [0.15, 0.2) is 5.11 Å². The fourth-order valence-corrected chi connectivity index (χ4v) is 4.26. The standard InChI is InChI=1S/C24H28FN5S/c1-4-30(20-8-5-18(25)6-9-20)24(31)26-19-7-10-22-21(16-19)17(2)15-23(27-22)29-13-11-28(3)12-14-29/h5-10,15-16H,4,11-14H2,1-3H3,(H,26,31). The monoisotopic (exact) mass is 437 g/mol. The average Bonchev–Trinajstić information content (AvgIpc) is 2.76. The van der Waals surface area contributed by atoms with Crippen molar-refractivity contribution < 1.29 is 4.39 Å². The summed E-state index contributed by atoms with van der Waals surface area (Å²) in [4.78, 5) is 11.6. The second-order valence-electron chi connectivity index (χ2n) is 7.97. The Morgan fingerprint density at radius 1 is 1.10 bits per heavy atom. The van der Waals surface area contributed by atoms with Crippen LogP contribution in [0.5, 0.6) is 0 Å². The molecule has 1 aliphatic rings. The summed E-state index contributed by atoms with van der Waals surface area (Å²) in [6.07, 6.45) is 0. The van der Waals surface area contributed by atoms with Crippen molar-refractivity contribution in [3.05, 3.63) is 59.9 Å². The van der Waals surface area contributed by atoms with Gasteiger partial charge >= 0.3 is 0 Å².